The van der Waals surface area contributed by atoms with Gasteiger partial charge in [0.25, 0.3) is 5.56 Å². The number of phenols is 1. The van der Waals surface area contributed by atoms with Crippen molar-refractivity contribution < 1.29 is 5.11 Å². The Kier molecular flexibility index (Phi) is 4.66. The number of para-hydroxylation sites is 2. The Bertz CT molecular complexity index is 1750. The molecule has 8 heteroatoms. The highest BCUT2D eigenvalue weighted by atomic mass is 35.5. The summed E-state index contributed by atoms with van der Waals surface area (Å²) in [7, 11) is 3.18. The van der Waals surface area contributed by atoms with Gasteiger partial charge in [-0.05, 0) is 47.5 Å². The zero-order valence-corrected chi connectivity index (χ0v) is 19.7. The number of aromatic nitrogens is 3. The molecule has 7 nitrogen and oxygen atoms in total. The monoisotopic (exact) mass is 484 g/mol. The summed E-state index contributed by atoms with van der Waals surface area (Å²) in [6, 6.07) is 21.8. The Hall–Kier alpha value is -4.23. The van der Waals surface area contributed by atoms with Crippen LogP contribution in [0.2, 0.25) is 5.02 Å². The van der Waals surface area contributed by atoms with E-state index in [9.17, 15) is 14.7 Å². The fourth-order valence-electron chi connectivity index (χ4n) is 5.02. The third kappa shape index (κ3) is 3.05. The third-order valence-electron chi connectivity index (χ3n) is 6.67. The molecule has 0 spiro atoms. The van der Waals surface area contributed by atoms with Gasteiger partial charge >= 0.3 is 5.69 Å². The fourth-order valence-corrected chi connectivity index (χ4v) is 5.14. The quantitative estimate of drug-likeness (QED) is 0.384. The molecule has 2 N–H and O–H groups in total. The molecule has 35 heavy (non-hydrogen) atoms. The summed E-state index contributed by atoms with van der Waals surface area (Å²) in [4.78, 5) is 26.7. The van der Waals surface area contributed by atoms with Crippen molar-refractivity contribution in [3.8, 4) is 22.7 Å². The van der Waals surface area contributed by atoms with Crippen molar-refractivity contribution in [2.45, 2.75) is 6.04 Å². The number of aryl methyl sites for hydroxylation is 1. The van der Waals surface area contributed by atoms with E-state index >= 15 is 0 Å². The maximum atomic E-state index is 13.6. The van der Waals surface area contributed by atoms with Crippen LogP contribution in [0.1, 0.15) is 17.3 Å². The van der Waals surface area contributed by atoms with E-state index in [1.807, 2.05) is 48.5 Å². The van der Waals surface area contributed by atoms with Crippen LogP contribution in [0.15, 0.2) is 82.4 Å². The second-order valence-electron chi connectivity index (χ2n) is 8.69. The average molecular weight is 485 g/mol. The molecule has 1 atom stereocenters. The van der Waals surface area contributed by atoms with Gasteiger partial charge in [0.15, 0.2) is 0 Å². The molecule has 0 amide bonds. The van der Waals surface area contributed by atoms with Gasteiger partial charge in [-0.1, -0.05) is 48.0 Å². The lowest BCUT2D eigenvalue weighted by atomic mass is 9.99. The molecule has 1 aliphatic heterocycles. The van der Waals surface area contributed by atoms with Gasteiger partial charge in [-0.3, -0.25) is 13.9 Å². The number of phenolic OH excluding ortho intramolecular Hbond substituents is 1. The number of aromatic hydroxyl groups is 1. The summed E-state index contributed by atoms with van der Waals surface area (Å²) < 4.78 is 4.74. The second-order valence-corrected chi connectivity index (χ2v) is 9.13. The number of anilines is 1. The molecule has 0 radical (unpaired) electrons. The lowest BCUT2D eigenvalue weighted by Crippen LogP contribution is -2.37. The van der Waals surface area contributed by atoms with Crippen LogP contribution in [-0.4, -0.2) is 18.8 Å². The molecule has 0 saturated carbocycles. The first-order valence-electron chi connectivity index (χ1n) is 11.1. The van der Waals surface area contributed by atoms with E-state index in [0.717, 1.165) is 32.8 Å². The van der Waals surface area contributed by atoms with Crippen molar-refractivity contribution in [3.63, 3.8) is 0 Å². The molecule has 1 aliphatic rings. The lowest BCUT2D eigenvalue weighted by molar-refractivity contribution is 0.475. The lowest BCUT2D eigenvalue weighted by Gasteiger charge is -2.31. The van der Waals surface area contributed by atoms with Gasteiger partial charge in [0.05, 0.1) is 39.7 Å². The fraction of sp³-hybridized carbons (Fsp3) is 0.111. The van der Waals surface area contributed by atoms with Crippen LogP contribution < -0.4 is 16.6 Å². The van der Waals surface area contributed by atoms with Crippen LogP contribution >= 0.6 is 11.6 Å². The van der Waals surface area contributed by atoms with Gasteiger partial charge < -0.3 is 15.0 Å². The largest absolute Gasteiger partial charge is 0.508 e. The zero-order valence-electron chi connectivity index (χ0n) is 19.0. The summed E-state index contributed by atoms with van der Waals surface area (Å²) in [5.41, 5.74) is 4.70. The number of hydrogen-bond donors (Lipinski definition) is 2. The van der Waals surface area contributed by atoms with E-state index in [4.69, 9.17) is 11.6 Å². The standard InChI is InChI=1S/C27H21ClN4O3/c1-30-24-21(26(34)31(2)27(30)35)23(16-7-11-17(28)12-8-16)32-20-6-4-3-5-19(20)29-22(25(24)32)15-9-13-18(33)14-10-15/h3-14,22,29,33H,1-2H3/t22-/m0/s1. The third-order valence-corrected chi connectivity index (χ3v) is 6.92. The Balaban J connectivity index is 1.85. The van der Waals surface area contributed by atoms with E-state index in [1.165, 1.54) is 11.6 Å². The average Bonchev–Trinajstić information content (AvgIpc) is 3.23. The van der Waals surface area contributed by atoms with Gasteiger partial charge in [-0.2, -0.15) is 0 Å². The van der Waals surface area contributed by atoms with Gasteiger partial charge in [-0.25, -0.2) is 4.79 Å². The first-order chi connectivity index (χ1) is 16.9. The number of benzene rings is 3. The summed E-state index contributed by atoms with van der Waals surface area (Å²) in [6.07, 6.45) is 0. The van der Waals surface area contributed by atoms with Crippen LogP contribution in [-0.2, 0) is 14.1 Å². The molecule has 6 rings (SSSR count). The molecule has 0 unspecified atom stereocenters. The van der Waals surface area contributed by atoms with Crippen molar-refractivity contribution in [1.29, 1.82) is 0 Å². The molecular formula is C27H21ClN4O3. The van der Waals surface area contributed by atoms with E-state index in [-0.39, 0.29) is 17.4 Å². The first kappa shape index (κ1) is 21.3. The van der Waals surface area contributed by atoms with Crippen LogP contribution in [0, 0.1) is 0 Å². The molecular weight excluding hydrogens is 464 g/mol. The van der Waals surface area contributed by atoms with Gasteiger partial charge in [0.1, 0.15) is 5.75 Å². The molecule has 3 heterocycles. The number of fused-ring (bicyclic) bond motifs is 5. The summed E-state index contributed by atoms with van der Waals surface area (Å²) in [5, 5.41) is 14.5. The van der Waals surface area contributed by atoms with Crippen molar-refractivity contribution in [1.82, 2.24) is 13.7 Å². The van der Waals surface area contributed by atoms with Gasteiger partial charge in [0.2, 0.25) is 0 Å². The van der Waals surface area contributed by atoms with Gasteiger partial charge in [0, 0.05) is 19.1 Å². The first-order valence-corrected chi connectivity index (χ1v) is 11.5. The minimum absolute atomic E-state index is 0.160. The van der Waals surface area contributed by atoms with Crippen LogP contribution in [0.5, 0.6) is 5.75 Å². The molecule has 174 valence electrons. The molecule has 3 aromatic carbocycles. The van der Waals surface area contributed by atoms with Crippen LogP contribution in [0.25, 0.3) is 27.8 Å². The molecule has 5 aromatic rings. The number of nitrogens with one attached hydrogen (secondary N) is 1. The molecule has 2 aromatic heterocycles. The number of nitrogens with zero attached hydrogens (tertiary/aromatic N) is 3. The van der Waals surface area contributed by atoms with E-state index in [2.05, 4.69) is 9.88 Å². The highest BCUT2D eigenvalue weighted by molar-refractivity contribution is 6.30. The minimum atomic E-state index is -0.401. The topological polar surface area (TPSA) is 81.2 Å². The Labute approximate surface area is 205 Å². The van der Waals surface area contributed by atoms with E-state index < -0.39 is 5.69 Å². The predicted octanol–water partition coefficient (Wildman–Crippen LogP) is 4.57. The summed E-state index contributed by atoms with van der Waals surface area (Å²) >= 11 is 6.19. The van der Waals surface area contributed by atoms with Crippen molar-refractivity contribution in [3.05, 3.63) is 110 Å². The van der Waals surface area contributed by atoms with Crippen molar-refractivity contribution in [2.24, 2.45) is 14.1 Å². The smallest absolute Gasteiger partial charge is 0.331 e. The highest BCUT2D eigenvalue weighted by Crippen LogP contribution is 2.45. The Morgan fingerprint density at radius 1 is 0.886 bits per heavy atom. The van der Waals surface area contributed by atoms with Crippen LogP contribution in [0.3, 0.4) is 0 Å². The molecule has 0 fully saturated rings. The number of halogens is 1. The Morgan fingerprint density at radius 3 is 2.29 bits per heavy atom. The number of hydrogen-bond acceptors (Lipinski definition) is 4. The van der Waals surface area contributed by atoms with E-state index in [1.54, 1.807) is 31.3 Å². The highest BCUT2D eigenvalue weighted by Gasteiger charge is 2.34. The maximum absolute atomic E-state index is 13.6. The van der Waals surface area contributed by atoms with E-state index in [0.29, 0.717) is 21.6 Å². The van der Waals surface area contributed by atoms with Crippen LogP contribution in [0.4, 0.5) is 5.69 Å². The zero-order chi connectivity index (χ0) is 24.4. The SMILES string of the molecule is Cn1c(=O)c2c(-c3ccc(Cl)cc3)n3c(c2n(C)c1=O)[C@H](c1ccc(O)cc1)Nc1ccccc1-3. The Morgan fingerprint density at radius 2 is 1.57 bits per heavy atom. The maximum Gasteiger partial charge on any atom is 0.331 e. The number of rotatable bonds is 2. The van der Waals surface area contributed by atoms with Gasteiger partial charge in [-0.15, -0.1) is 0 Å². The second kappa shape index (κ2) is 7.65. The van der Waals surface area contributed by atoms with Crippen molar-refractivity contribution in [2.75, 3.05) is 5.32 Å². The molecule has 0 aliphatic carbocycles. The minimum Gasteiger partial charge on any atom is -0.508 e. The normalized spacial score (nSPS) is 14.4. The molecule has 0 saturated heterocycles. The summed E-state index contributed by atoms with van der Waals surface area (Å²) in [6.45, 7) is 0. The molecule has 0 bridgehead atoms. The predicted molar refractivity (Wildman–Crippen MR) is 138 cm³/mol. The van der Waals surface area contributed by atoms with Crippen molar-refractivity contribution >= 4 is 28.2 Å². The summed E-state index contributed by atoms with van der Waals surface area (Å²) in [5.74, 6) is 0.160.